The maximum Gasteiger partial charge on any atom is 0.516 e. The maximum atomic E-state index is 8.29. The summed E-state index contributed by atoms with van der Waals surface area (Å²) in [5, 5.41) is 0. The SMILES string of the molecule is [2H]C([2H])([2H])N1C([2H])([2H])C([2H])([2H])N(c2cnc(B3OC(C)(C)C(C)(C)O3)cn2)C([2H])([2H])C1([2H])[2H]. The predicted molar refractivity (Wildman–Crippen MR) is 87.5 cm³/mol. The Morgan fingerprint density at radius 2 is 1.73 bits per heavy atom. The van der Waals surface area contributed by atoms with Crippen LogP contribution in [0.3, 0.4) is 0 Å². The summed E-state index contributed by atoms with van der Waals surface area (Å²) in [6.07, 6.45) is 2.07. The van der Waals surface area contributed by atoms with Gasteiger partial charge in [0.25, 0.3) is 0 Å². The van der Waals surface area contributed by atoms with Crippen molar-refractivity contribution in [1.29, 1.82) is 0 Å². The molecule has 0 saturated carbocycles. The molecule has 7 heteroatoms. The smallest absolute Gasteiger partial charge is 0.398 e. The van der Waals surface area contributed by atoms with Gasteiger partial charge in [0.2, 0.25) is 0 Å². The minimum Gasteiger partial charge on any atom is -0.398 e. The van der Waals surface area contributed by atoms with Crippen LogP contribution in [0.2, 0.25) is 0 Å². The first-order valence-corrected chi connectivity index (χ1v) is 6.80. The van der Waals surface area contributed by atoms with Crippen LogP contribution in [0.15, 0.2) is 12.4 Å². The monoisotopic (exact) mass is 315 g/mol. The van der Waals surface area contributed by atoms with Gasteiger partial charge < -0.3 is 19.1 Å². The highest BCUT2D eigenvalue weighted by molar-refractivity contribution is 6.61. The molecule has 3 rings (SSSR count). The molecule has 0 atom stereocenters. The van der Waals surface area contributed by atoms with E-state index in [0.717, 1.165) is 12.4 Å². The van der Waals surface area contributed by atoms with Gasteiger partial charge in [-0.2, -0.15) is 0 Å². The van der Waals surface area contributed by atoms with E-state index in [4.69, 9.17) is 24.4 Å². The molecule has 0 unspecified atom stereocenters. The molecule has 0 spiro atoms. The molecule has 22 heavy (non-hydrogen) atoms. The van der Waals surface area contributed by atoms with Crippen LogP contribution in [0.1, 0.15) is 42.8 Å². The predicted octanol–water partition coefficient (Wildman–Crippen LogP) is 0.528. The van der Waals surface area contributed by atoms with Crippen molar-refractivity contribution in [2.24, 2.45) is 0 Å². The van der Waals surface area contributed by atoms with Gasteiger partial charge in [0.05, 0.1) is 28.5 Å². The Kier molecular flexibility index (Phi) is 1.78. The molecule has 0 radical (unpaired) electrons. The summed E-state index contributed by atoms with van der Waals surface area (Å²) in [5.74, 6) is -0.539. The van der Waals surface area contributed by atoms with E-state index < -0.39 is 62.0 Å². The number of aromatic nitrogens is 2. The van der Waals surface area contributed by atoms with Gasteiger partial charge in [0, 0.05) is 41.8 Å². The third kappa shape index (κ3) is 2.85. The summed E-state index contributed by atoms with van der Waals surface area (Å²) in [4.78, 5) is 7.84. The Balaban J connectivity index is 2.06. The Hall–Kier alpha value is -1.18. The second-order valence-corrected chi connectivity index (χ2v) is 6.01. The fourth-order valence-electron chi connectivity index (χ4n) is 1.90. The van der Waals surface area contributed by atoms with E-state index in [1.165, 1.54) is 0 Å². The van der Waals surface area contributed by atoms with Crippen molar-refractivity contribution in [1.82, 2.24) is 14.9 Å². The molecular formula is C15H25BN4O2. The maximum absolute atomic E-state index is 8.29. The third-order valence-electron chi connectivity index (χ3n) is 3.93. The van der Waals surface area contributed by atoms with E-state index in [1.54, 1.807) is 0 Å². The van der Waals surface area contributed by atoms with Crippen LogP contribution in [0, 0.1) is 0 Å². The Morgan fingerprint density at radius 3 is 2.23 bits per heavy atom. The lowest BCUT2D eigenvalue weighted by molar-refractivity contribution is 0.00578. The number of hydrogen-bond acceptors (Lipinski definition) is 6. The van der Waals surface area contributed by atoms with E-state index in [2.05, 4.69) is 9.97 Å². The van der Waals surface area contributed by atoms with E-state index in [9.17, 15) is 0 Å². The molecule has 6 nitrogen and oxygen atoms in total. The number of hydrogen-bond donors (Lipinski definition) is 0. The number of piperazine rings is 1. The fraction of sp³-hybridized carbons (Fsp3) is 0.733. The second kappa shape index (κ2) is 5.47. The molecule has 0 bridgehead atoms. The highest BCUT2D eigenvalue weighted by Crippen LogP contribution is 2.36. The summed E-state index contributed by atoms with van der Waals surface area (Å²) in [6, 6.07) is 0. The Bertz CT molecular complexity index is 879. The Morgan fingerprint density at radius 1 is 1.09 bits per heavy atom. The van der Waals surface area contributed by atoms with Crippen molar-refractivity contribution in [3.8, 4) is 0 Å². The van der Waals surface area contributed by atoms with Crippen molar-refractivity contribution in [2.45, 2.75) is 38.9 Å². The summed E-state index contributed by atoms with van der Waals surface area (Å²) in [5.41, 5.74) is -1.17. The molecule has 2 aliphatic heterocycles. The molecule has 3 heterocycles. The van der Waals surface area contributed by atoms with Crippen molar-refractivity contribution in [3.63, 3.8) is 0 Å². The number of likely N-dealkylation sites (N-methyl/N-ethyl adjacent to an activating group) is 1. The topological polar surface area (TPSA) is 50.7 Å². The minimum atomic E-state index is -3.49. The van der Waals surface area contributed by atoms with E-state index in [-0.39, 0.29) is 10.5 Å². The highest BCUT2D eigenvalue weighted by Gasteiger charge is 2.52. The molecule has 2 fully saturated rings. The first-order chi connectivity index (χ1) is 14.5. The lowest BCUT2D eigenvalue weighted by atomic mass is 9.85. The van der Waals surface area contributed by atoms with Crippen molar-refractivity contribution >= 4 is 18.5 Å². The van der Waals surface area contributed by atoms with Crippen LogP contribution in [-0.2, 0) is 9.31 Å². The van der Waals surface area contributed by atoms with E-state index >= 15 is 0 Å². The average molecular weight is 315 g/mol. The zero-order valence-corrected chi connectivity index (χ0v) is 12.8. The number of rotatable bonds is 2. The van der Waals surface area contributed by atoms with Gasteiger partial charge in [0.15, 0.2) is 0 Å². The van der Waals surface area contributed by atoms with Crippen LogP contribution in [0.25, 0.3) is 0 Å². The van der Waals surface area contributed by atoms with Gasteiger partial charge in [-0.1, -0.05) is 0 Å². The quantitative estimate of drug-likeness (QED) is 0.742. The molecular weight excluding hydrogens is 279 g/mol. The van der Waals surface area contributed by atoms with Crippen molar-refractivity contribution < 1.29 is 24.4 Å². The molecule has 0 aliphatic carbocycles. The van der Waals surface area contributed by atoms with Crippen LogP contribution >= 0.6 is 0 Å². The molecule has 0 N–H and O–H groups in total. The molecule has 120 valence electrons. The normalized spacial score (nSPS) is 41.9. The Labute approximate surface area is 148 Å². The zero-order chi connectivity index (χ0) is 25.6. The lowest BCUT2D eigenvalue weighted by Crippen LogP contribution is -2.45. The van der Waals surface area contributed by atoms with E-state index in [0.29, 0.717) is 0 Å². The number of nitrogens with zero attached hydrogens (tertiary/aromatic N) is 4. The molecule has 2 aliphatic rings. The molecule has 0 amide bonds. The van der Waals surface area contributed by atoms with Crippen LogP contribution in [-0.4, -0.2) is 66.2 Å². The van der Waals surface area contributed by atoms with Gasteiger partial charge in [-0.05, 0) is 34.7 Å². The number of anilines is 1. The van der Waals surface area contributed by atoms with Gasteiger partial charge >= 0.3 is 7.12 Å². The summed E-state index contributed by atoms with van der Waals surface area (Å²) in [6.45, 7) is -9.88. The zero-order valence-electron chi connectivity index (χ0n) is 23.8. The van der Waals surface area contributed by atoms with E-state index in [1.807, 2.05) is 27.7 Å². The first kappa shape index (κ1) is 7.15. The lowest BCUT2D eigenvalue weighted by Gasteiger charge is -2.32. The standard InChI is InChI=1S/C15H25BN4O2/c1-14(2)15(3,4)22-16(21-14)12-10-18-13(11-17-12)20-8-6-19(5)7-9-20/h10-11H,6-9H2,1-5H3/i5D3,6D2,7D2,8D2,9D2. The highest BCUT2D eigenvalue weighted by atomic mass is 16.7. The van der Waals surface area contributed by atoms with Gasteiger partial charge in [-0.3, -0.25) is 4.98 Å². The third-order valence-corrected chi connectivity index (χ3v) is 3.93. The van der Waals surface area contributed by atoms with Crippen LogP contribution in [0.5, 0.6) is 0 Å². The molecule has 1 aromatic heterocycles. The van der Waals surface area contributed by atoms with Gasteiger partial charge in [-0.25, -0.2) is 4.98 Å². The summed E-state index contributed by atoms with van der Waals surface area (Å²) >= 11 is 0. The van der Waals surface area contributed by atoms with Crippen LogP contribution in [0.4, 0.5) is 5.82 Å². The molecule has 1 aromatic rings. The van der Waals surface area contributed by atoms with Crippen LogP contribution < -0.4 is 10.5 Å². The fourth-order valence-corrected chi connectivity index (χ4v) is 1.90. The summed E-state index contributed by atoms with van der Waals surface area (Å²) in [7, 11) is -0.921. The van der Waals surface area contributed by atoms with Gasteiger partial charge in [-0.15, -0.1) is 0 Å². The minimum absolute atomic E-state index is 0.142. The van der Waals surface area contributed by atoms with Crippen molar-refractivity contribution in [2.75, 3.05) is 37.9 Å². The van der Waals surface area contributed by atoms with Crippen molar-refractivity contribution in [3.05, 3.63) is 12.4 Å². The average Bonchev–Trinajstić information content (AvgIpc) is 2.79. The summed E-state index contributed by atoms with van der Waals surface area (Å²) < 4.78 is 100. The van der Waals surface area contributed by atoms with Gasteiger partial charge in [0.1, 0.15) is 5.82 Å². The molecule has 0 aromatic carbocycles. The largest absolute Gasteiger partial charge is 0.516 e. The second-order valence-electron chi connectivity index (χ2n) is 6.01. The first-order valence-electron chi connectivity index (χ1n) is 12.3. The molecule has 2 saturated heterocycles.